The molecule has 0 aliphatic carbocycles. The van der Waals surface area contributed by atoms with Gasteiger partial charge in [0.25, 0.3) is 5.91 Å². The van der Waals surface area contributed by atoms with Crippen LogP contribution in [0.3, 0.4) is 0 Å². The Morgan fingerprint density at radius 1 is 1.41 bits per heavy atom. The Balaban J connectivity index is 2.08. The molecule has 1 aliphatic rings. The van der Waals surface area contributed by atoms with Crippen LogP contribution in [0.1, 0.15) is 6.92 Å². The average molecular weight is 272 g/mol. The van der Waals surface area contributed by atoms with E-state index in [1.807, 2.05) is 6.92 Å². The lowest BCUT2D eigenvalue weighted by atomic mass is 10.3. The van der Waals surface area contributed by atoms with Gasteiger partial charge in [0.2, 0.25) is 0 Å². The second-order valence-corrected chi connectivity index (χ2v) is 4.72. The summed E-state index contributed by atoms with van der Waals surface area (Å²) in [5.74, 6) is 0.0567. The molecule has 1 aliphatic heterocycles. The summed E-state index contributed by atoms with van der Waals surface area (Å²) in [5.41, 5.74) is 0.552. The van der Waals surface area contributed by atoms with E-state index in [0.29, 0.717) is 28.1 Å². The molecule has 6 heteroatoms. The lowest BCUT2D eigenvalue weighted by Gasteiger charge is -2.08. The first-order valence-corrected chi connectivity index (χ1v) is 5.88. The van der Waals surface area contributed by atoms with Crippen LogP contribution in [-0.2, 0) is 4.79 Å². The van der Waals surface area contributed by atoms with Crippen LogP contribution in [0.4, 0.5) is 5.69 Å². The molecule has 17 heavy (non-hydrogen) atoms. The summed E-state index contributed by atoms with van der Waals surface area (Å²) in [6.45, 7) is 2.57. The van der Waals surface area contributed by atoms with Crippen molar-refractivity contribution in [3.63, 3.8) is 0 Å². The predicted octanol–water partition coefficient (Wildman–Crippen LogP) is 2.32. The zero-order chi connectivity index (χ0) is 12.4. The number of hydrogen-bond acceptors (Lipinski definition) is 3. The molecule has 4 nitrogen and oxygen atoms in total. The number of rotatable bonds is 2. The van der Waals surface area contributed by atoms with Crippen molar-refractivity contribution >= 4 is 40.6 Å². The number of carbonyl (C=O) groups is 1. The molecule has 1 heterocycles. The van der Waals surface area contributed by atoms with Gasteiger partial charge in [-0.05, 0) is 25.1 Å². The zero-order valence-electron chi connectivity index (χ0n) is 9.13. The molecule has 0 saturated carbocycles. The lowest BCUT2D eigenvalue weighted by molar-refractivity contribution is -0.110. The van der Waals surface area contributed by atoms with Crippen molar-refractivity contribution in [2.75, 3.05) is 11.9 Å². The lowest BCUT2D eigenvalue weighted by Crippen LogP contribution is -2.36. The summed E-state index contributed by atoms with van der Waals surface area (Å²) in [5, 5.41) is 6.61. The van der Waals surface area contributed by atoms with Crippen LogP contribution in [0.15, 0.2) is 23.2 Å². The van der Waals surface area contributed by atoms with Gasteiger partial charge in [0.15, 0.2) is 5.84 Å². The van der Waals surface area contributed by atoms with Gasteiger partial charge in [-0.3, -0.25) is 9.79 Å². The second kappa shape index (κ2) is 4.94. The number of anilines is 1. The topological polar surface area (TPSA) is 53.5 Å². The van der Waals surface area contributed by atoms with Crippen molar-refractivity contribution in [1.82, 2.24) is 5.32 Å². The molecule has 0 fully saturated rings. The van der Waals surface area contributed by atoms with Crippen LogP contribution in [0.2, 0.25) is 10.0 Å². The highest BCUT2D eigenvalue weighted by Gasteiger charge is 2.19. The number of amides is 1. The first kappa shape index (κ1) is 12.2. The van der Waals surface area contributed by atoms with Crippen LogP contribution < -0.4 is 10.6 Å². The van der Waals surface area contributed by atoms with Crippen LogP contribution in [0, 0.1) is 0 Å². The summed E-state index contributed by atoms with van der Waals surface area (Å²) < 4.78 is 0. The summed E-state index contributed by atoms with van der Waals surface area (Å²) in [4.78, 5) is 15.9. The molecular formula is C11H11Cl2N3O. The molecule has 0 radical (unpaired) electrons. The second-order valence-electron chi connectivity index (χ2n) is 3.85. The van der Waals surface area contributed by atoms with Gasteiger partial charge >= 0.3 is 0 Å². The van der Waals surface area contributed by atoms with Gasteiger partial charge < -0.3 is 10.6 Å². The number of nitrogens with one attached hydrogen (secondary N) is 2. The maximum atomic E-state index is 11.8. The molecule has 0 bridgehead atoms. The van der Waals surface area contributed by atoms with Crippen LogP contribution in [0.5, 0.6) is 0 Å². The molecule has 1 unspecified atom stereocenters. The number of nitrogens with zero attached hydrogens (tertiary/aromatic N) is 1. The van der Waals surface area contributed by atoms with Crippen molar-refractivity contribution < 1.29 is 4.79 Å². The standard InChI is InChI=1S/C11H11Cl2N3O/c1-6-5-14-10(15-6)11(17)16-9-3-7(12)2-8(13)4-9/h2-4,6H,5H2,1H3,(H,14,15)(H,16,17). The fourth-order valence-corrected chi connectivity index (χ4v) is 2.03. The smallest absolute Gasteiger partial charge is 0.290 e. The first-order chi connectivity index (χ1) is 8.04. The molecule has 1 atom stereocenters. The SMILES string of the molecule is CC1CN=C(C(=O)Nc2cc(Cl)cc(Cl)c2)N1. The van der Waals surface area contributed by atoms with E-state index < -0.39 is 0 Å². The van der Waals surface area contributed by atoms with E-state index in [-0.39, 0.29) is 11.9 Å². The van der Waals surface area contributed by atoms with Crippen molar-refractivity contribution in [2.24, 2.45) is 4.99 Å². The number of benzene rings is 1. The maximum absolute atomic E-state index is 11.8. The third-order valence-electron chi connectivity index (χ3n) is 2.24. The number of halogens is 2. The van der Waals surface area contributed by atoms with Gasteiger partial charge in [-0.25, -0.2) is 0 Å². The van der Waals surface area contributed by atoms with Gasteiger partial charge in [-0.15, -0.1) is 0 Å². The molecular weight excluding hydrogens is 261 g/mol. The molecule has 2 N–H and O–H groups in total. The molecule has 0 aromatic heterocycles. The van der Waals surface area contributed by atoms with Crippen LogP contribution in [-0.4, -0.2) is 24.3 Å². The number of aliphatic imine (C=N–C) groups is 1. The van der Waals surface area contributed by atoms with Gasteiger partial charge in [0.05, 0.1) is 6.54 Å². The quantitative estimate of drug-likeness (QED) is 0.868. The Hall–Kier alpha value is -1.26. The molecule has 1 aromatic rings. The van der Waals surface area contributed by atoms with Crippen molar-refractivity contribution in [1.29, 1.82) is 0 Å². The summed E-state index contributed by atoms with van der Waals surface area (Å²) in [6.07, 6.45) is 0. The van der Waals surface area contributed by atoms with Crippen LogP contribution in [0.25, 0.3) is 0 Å². The van der Waals surface area contributed by atoms with Crippen molar-refractivity contribution in [3.8, 4) is 0 Å². The summed E-state index contributed by atoms with van der Waals surface area (Å²) >= 11 is 11.7. The Morgan fingerprint density at radius 3 is 2.59 bits per heavy atom. The molecule has 0 saturated heterocycles. The Bertz CT molecular complexity index is 467. The number of hydrogen-bond donors (Lipinski definition) is 2. The van der Waals surface area contributed by atoms with E-state index in [1.54, 1.807) is 18.2 Å². The normalized spacial score (nSPS) is 18.5. The van der Waals surface area contributed by atoms with E-state index in [2.05, 4.69) is 15.6 Å². The zero-order valence-corrected chi connectivity index (χ0v) is 10.6. The molecule has 1 aromatic carbocycles. The largest absolute Gasteiger partial charge is 0.361 e. The summed E-state index contributed by atoms with van der Waals surface area (Å²) in [6, 6.07) is 5.06. The van der Waals surface area contributed by atoms with E-state index in [0.717, 1.165) is 0 Å². The van der Waals surface area contributed by atoms with E-state index >= 15 is 0 Å². The number of carbonyl (C=O) groups excluding carboxylic acids is 1. The fraction of sp³-hybridized carbons (Fsp3) is 0.273. The predicted molar refractivity (Wildman–Crippen MR) is 70.0 cm³/mol. The highest BCUT2D eigenvalue weighted by molar-refractivity contribution is 6.43. The van der Waals surface area contributed by atoms with Gasteiger partial charge in [-0.2, -0.15) is 0 Å². The monoisotopic (exact) mass is 271 g/mol. The van der Waals surface area contributed by atoms with E-state index in [4.69, 9.17) is 23.2 Å². The summed E-state index contributed by atoms with van der Waals surface area (Å²) in [7, 11) is 0. The van der Waals surface area contributed by atoms with Gasteiger partial charge in [-0.1, -0.05) is 23.2 Å². The maximum Gasteiger partial charge on any atom is 0.290 e. The highest BCUT2D eigenvalue weighted by atomic mass is 35.5. The van der Waals surface area contributed by atoms with E-state index in [1.165, 1.54) is 0 Å². The minimum absolute atomic E-state index is 0.193. The van der Waals surface area contributed by atoms with Gasteiger partial charge in [0.1, 0.15) is 0 Å². The minimum Gasteiger partial charge on any atom is -0.361 e. The third kappa shape index (κ3) is 3.11. The van der Waals surface area contributed by atoms with Crippen molar-refractivity contribution in [3.05, 3.63) is 28.2 Å². The molecule has 0 spiro atoms. The minimum atomic E-state index is -0.285. The van der Waals surface area contributed by atoms with Crippen molar-refractivity contribution in [2.45, 2.75) is 13.0 Å². The van der Waals surface area contributed by atoms with Gasteiger partial charge in [0, 0.05) is 21.8 Å². The Morgan fingerprint density at radius 2 is 2.06 bits per heavy atom. The molecule has 2 rings (SSSR count). The molecule has 90 valence electrons. The molecule has 1 amide bonds. The average Bonchev–Trinajstić information content (AvgIpc) is 2.63. The van der Waals surface area contributed by atoms with Crippen LogP contribution >= 0.6 is 23.2 Å². The fourth-order valence-electron chi connectivity index (χ4n) is 1.51. The number of amidine groups is 1. The third-order valence-corrected chi connectivity index (χ3v) is 2.68. The first-order valence-electron chi connectivity index (χ1n) is 5.13. The van der Waals surface area contributed by atoms with E-state index in [9.17, 15) is 4.79 Å². The highest BCUT2D eigenvalue weighted by Crippen LogP contribution is 2.22. The Labute approximate surface area is 109 Å². The Kier molecular flexibility index (Phi) is 3.54.